The first-order chi connectivity index (χ1) is 13.6. The maximum absolute atomic E-state index is 5.95. The van der Waals surface area contributed by atoms with E-state index < -0.39 is 0 Å². The molecule has 0 aliphatic carbocycles. The van der Waals surface area contributed by atoms with Crippen LogP contribution in [0.1, 0.15) is 30.5 Å². The fourth-order valence-corrected chi connectivity index (χ4v) is 3.49. The van der Waals surface area contributed by atoms with Crippen molar-refractivity contribution < 1.29 is 23.7 Å². The van der Waals surface area contributed by atoms with E-state index in [4.69, 9.17) is 28.7 Å². The van der Waals surface area contributed by atoms with Crippen LogP contribution < -0.4 is 23.7 Å². The fourth-order valence-electron chi connectivity index (χ4n) is 3.49. The molecule has 0 radical (unpaired) electrons. The predicted octanol–water partition coefficient (Wildman–Crippen LogP) is 3.90. The first kappa shape index (κ1) is 19.9. The number of rotatable bonds is 7. The topological polar surface area (TPSA) is 58.5 Å². The second-order valence-corrected chi connectivity index (χ2v) is 6.53. The van der Waals surface area contributed by atoms with Gasteiger partial charge >= 0.3 is 0 Å². The van der Waals surface area contributed by atoms with E-state index in [0.29, 0.717) is 35.4 Å². The van der Waals surface area contributed by atoms with Gasteiger partial charge in [-0.15, -0.1) is 0 Å². The lowest BCUT2D eigenvalue weighted by atomic mass is 9.89. The third-order valence-corrected chi connectivity index (χ3v) is 4.76. The van der Waals surface area contributed by atoms with Crippen LogP contribution in [0, 0.1) is 0 Å². The zero-order chi connectivity index (χ0) is 20.3. The van der Waals surface area contributed by atoms with E-state index in [2.05, 4.69) is 6.92 Å². The molecule has 28 heavy (non-hydrogen) atoms. The number of aliphatic imine (C=N–C) groups is 1. The number of fused-ring (bicyclic) bond motifs is 1. The largest absolute Gasteiger partial charge is 0.497 e. The van der Waals surface area contributed by atoms with Gasteiger partial charge in [-0.1, -0.05) is 0 Å². The lowest BCUT2D eigenvalue weighted by molar-refractivity contribution is 0.308. The summed E-state index contributed by atoms with van der Waals surface area (Å²) in [5.41, 5.74) is 3.81. The summed E-state index contributed by atoms with van der Waals surface area (Å²) < 4.78 is 28.0. The van der Waals surface area contributed by atoms with Crippen LogP contribution in [0.25, 0.3) is 0 Å². The Bertz CT molecular complexity index is 891. The molecule has 1 unspecified atom stereocenters. The molecule has 0 spiro atoms. The zero-order valence-corrected chi connectivity index (χ0v) is 17.3. The molecule has 6 heteroatoms. The van der Waals surface area contributed by atoms with Crippen LogP contribution >= 0.6 is 0 Å². The Hall–Kier alpha value is -2.89. The minimum Gasteiger partial charge on any atom is -0.497 e. The van der Waals surface area contributed by atoms with Gasteiger partial charge in [0.25, 0.3) is 0 Å². The molecular weight excluding hydrogens is 358 g/mol. The van der Waals surface area contributed by atoms with Crippen molar-refractivity contribution in [2.45, 2.75) is 26.3 Å². The summed E-state index contributed by atoms with van der Waals surface area (Å²) in [6.45, 7) is 4.55. The van der Waals surface area contributed by atoms with Crippen molar-refractivity contribution in [1.82, 2.24) is 0 Å². The molecule has 0 aromatic heterocycles. The van der Waals surface area contributed by atoms with Crippen molar-refractivity contribution in [2.75, 3.05) is 35.0 Å². The number of nitrogens with zero attached hydrogens (tertiary/aromatic N) is 1. The lowest BCUT2D eigenvalue weighted by Gasteiger charge is -2.25. The molecule has 0 fully saturated rings. The summed E-state index contributed by atoms with van der Waals surface area (Å²) >= 11 is 0. The normalized spacial score (nSPS) is 15.4. The number of benzene rings is 2. The van der Waals surface area contributed by atoms with Crippen molar-refractivity contribution in [1.29, 1.82) is 0 Å². The molecule has 0 amide bonds. The van der Waals surface area contributed by atoms with Crippen LogP contribution in [0.4, 0.5) is 0 Å². The number of hydrogen-bond donors (Lipinski definition) is 0. The molecule has 0 bridgehead atoms. The molecular formula is C22H27NO5. The van der Waals surface area contributed by atoms with Crippen LogP contribution in [0.2, 0.25) is 0 Å². The van der Waals surface area contributed by atoms with Gasteiger partial charge in [0.15, 0.2) is 23.0 Å². The molecule has 0 saturated heterocycles. The van der Waals surface area contributed by atoms with Crippen molar-refractivity contribution in [3.8, 4) is 28.7 Å². The first-order valence-electron chi connectivity index (χ1n) is 9.28. The number of hydrogen-bond acceptors (Lipinski definition) is 6. The Labute approximate surface area is 166 Å². The molecule has 1 aliphatic rings. The average molecular weight is 385 g/mol. The Kier molecular flexibility index (Phi) is 5.97. The lowest BCUT2D eigenvalue weighted by Crippen LogP contribution is -2.21. The minimum atomic E-state index is 0.118. The maximum atomic E-state index is 5.95. The summed E-state index contributed by atoms with van der Waals surface area (Å²) in [6, 6.07) is 7.87. The summed E-state index contributed by atoms with van der Waals surface area (Å²) in [7, 11) is 6.53. The molecule has 1 atom stereocenters. The summed E-state index contributed by atoms with van der Waals surface area (Å²) in [4.78, 5) is 4.95. The van der Waals surface area contributed by atoms with E-state index in [-0.39, 0.29) is 6.04 Å². The smallest absolute Gasteiger partial charge is 0.170 e. The van der Waals surface area contributed by atoms with Gasteiger partial charge < -0.3 is 23.7 Å². The van der Waals surface area contributed by atoms with Crippen LogP contribution in [-0.4, -0.2) is 46.8 Å². The second kappa shape index (κ2) is 8.42. The Morgan fingerprint density at radius 2 is 1.54 bits per heavy atom. The Balaban J connectivity index is 2.27. The monoisotopic (exact) mass is 385 g/mol. The molecule has 0 saturated carbocycles. The van der Waals surface area contributed by atoms with E-state index in [0.717, 1.165) is 28.8 Å². The van der Waals surface area contributed by atoms with Crippen molar-refractivity contribution >= 4 is 5.71 Å². The summed E-state index contributed by atoms with van der Waals surface area (Å²) in [5.74, 6) is 3.32. The molecule has 2 aromatic rings. The van der Waals surface area contributed by atoms with Gasteiger partial charge in [0.05, 0.1) is 46.8 Å². The Morgan fingerprint density at radius 3 is 2.14 bits per heavy atom. The minimum absolute atomic E-state index is 0.118. The quantitative estimate of drug-likeness (QED) is 0.723. The highest BCUT2D eigenvalue weighted by Crippen LogP contribution is 2.41. The predicted molar refractivity (Wildman–Crippen MR) is 109 cm³/mol. The highest BCUT2D eigenvalue weighted by atomic mass is 16.5. The molecule has 1 aliphatic heterocycles. The van der Waals surface area contributed by atoms with Gasteiger partial charge in [0, 0.05) is 17.2 Å². The average Bonchev–Trinajstić information content (AvgIpc) is 2.72. The SMILES string of the molecule is CCOc1c(OC)cc(OC)cc1C1=NC(C)Cc2cc(OC)c(OC)cc21. The van der Waals surface area contributed by atoms with Crippen LogP contribution in [0.3, 0.4) is 0 Å². The van der Waals surface area contributed by atoms with Gasteiger partial charge in [-0.2, -0.15) is 0 Å². The van der Waals surface area contributed by atoms with Crippen molar-refractivity contribution in [3.05, 3.63) is 41.0 Å². The van der Waals surface area contributed by atoms with Crippen LogP contribution in [0.15, 0.2) is 29.3 Å². The number of methoxy groups -OCH3 is 4. The molecule has 150 valence electrons. The van der Waals surface area contributed by atoms with E-state index >= 15 is 0 Å². The van der Waals surface area contributed by atoms with Crippen molar-refractivity contribution in [2.24, 2.45) is 4.99 Å². The van der Waals surface area contributed by atoms with E-state index in [1.807, 2.05) is 31.2 Å². The van der Waals surface area contributed by atoms with Crippen molar-refractivity contribution in [3.63, 3.8) is 0 Å². The summed E-state index contributed by atoms with van der Waals surface area (Å²) in [5, 5.41) is 0. The molecule has 0 N–H and O–H groups in total. The summed E-state index contributed by atoms with van der Waals surface area (Å²) in [6.07, 6.45) is 0.824. The van der Waals surface area contributed by atoms with Crippen LogP contribution in [0.5, 0.6) is 28.7 Å². The standard InChI is InChI=1S/C22H27NO5/c1-7-28-22-17(10-15(24-3)11-20(22)27-6)21-16-12-19(26-5)18(25-4)9-14(16)8-13(2)23-21/h9-13H,7-8H2,1-6H3. The van der Waals surface area contributed by atoms with E-state index in [9.17, 15) is 0 Å². The van der Waals surface area contributed by atoms with Gasteiger partial charge in [-0.05, 0) is 44.0 Å². The first-order valence-corrected chi connectivity index (χ1v) is 9.28. The van der Waals surface area contributed by atoms with Gasteiger partial charge in [-0.3, -0.25) is 4.99 Å². The van der Waals surface area contributed by atoms with E-state index in [1.165, 1.54) is 0 Å². The fraction of sp³-hybridized carbons (Fsp3) is 0.409. The number of ether oxygens (including phenoxy) is 5. The molecule has 2 aromatic carbocycles. The van der Waals surface area contributed by atoms with E-state index in [1.54, 1.807) is 28.4 Å². The van der Waals surface area contributed by atoms with Gasteiger partial charge in [0.1, 0.15) is 5.75 Å². The third-order valence-electron chi connectivity index (χ3n) is 4.76. The third kappa shape index (κ3) is 3.59. The highest BCUT2D eigenvalue weighted by Gasteiger charge is 2.27. The zero-order valence-electron chi connectivity index (χ0n) is 17.3. The molecule has 1 heterocycles. The Morgan fingerprint density at radius 1 is 0.857 bits per heavy atom. The maximum Gasteiger partial charge on any atom is 0.170 e. The van der Waals surface area contributed by atoms with Gasteiger partial charge in [-0.25, -0.2) is 0 Å². The second-order valence-electron chi connectivity index (χ2n) is 6.53. The highest BCUT2D eigenvalue weighted by molar-refractivity contribution is 6.16. The van der Waals surface area contributed by atoms with Crippen LogP contribution in [-0.2, 0) is 6.42 Å². The van der Waals surface area contributed by atoms with Gasteiger partial charge in [0.2, 0.25) is 0 Å². The molecule has 3 rings (SSSR count). The molecule has 6 nitrogen and oxygen atoms in total.